The molecule has 0 saturated carbocycles. The van der Waals surface area contributed by atoms with Gasteiger partial charge in [-0.05, 0) is 95.9 Å². The lowest BCUT2D eigenvalue weighted by atomic mass is 9.93. The van der Waals surface area contributed by atoms with E-state index in [1.54, 1.807) is 0 Å². The summed E-state index contributed by atoms with van der Waals surface area (Å²) in [6.45, 7) is 8.50. The van der Waals surface area contributed by atoms with Crippen LogP contribution in [0.3, 0.4) is 0 Å². The molecule has 0 unspecified atom stereocenters. The second-order valence-corrected chi connectivity index (χ2v) is 9.82. The molecule has 4 rings (SSSR count). The lowest BCUT2D eigenvalue weighted by Gasteiger charge is -2.29. The van der Waals surface area contributed by atoms with Gasteiger partial charge in [-0.2, -0.15) is 0 Å². The number of halogens is 1. The van der Waals surface area contributed by atoms with E-state index in [1.807, 2.05) is 36.5 Å². The third kappa shape index (κ3) is 4.65. The Bertz CT molecular complexity index is 1140. The van der Waals surface area contributed by atoms with Crippen LogP contribution >= 0.6 is 23.8 Å². The van der Waals surface area contributed by atoms with Crippen LogP contribution < -0.4 is 5.32 Å². The Morgan fingerprint density at radius 2 is 1.88 bits per heavy atom. The fraction of sp³-hybridized carbons (Fsp3) is 0.385. The molecule has 3 heterocycles. The number of benzene rings is 1. The van der Waals surface area contributed by atoms with Gasteiger partial charge >= 0.3 is 0 Å². The Kier molecular flexibility index (Phi) is 7.07. The second kappa shape index (κ2) is 9.84. The number of nitrogens with one attached hydrogen (secondary N) is 1. The van der Waals surface area contributed by atoms with Crippen molar-refractivity contribution in [2.24, 2.45) is 0 Å². The van der Waals surface area contributed by atoms with Crippen LogP contribution in [0, 0.1) is 20.8 Å². The van der Waals surface area contributed by atoms with E-state index >= 15 is 0 Å². The molecule has 0 amide bonds. The molecule has 174 valence electrons. The van der Waals surface area contributed by atoms with Gasteiger partial charge in [0.05, 0.1) is 17.8 Å². The Labute approximate surface area is 207 Å². The van der Waals surface area contributed by atoms with E-state index in [0.717, 1.165) is 41.0 Å². The first-order valence-corrected chi connectivity index (χ1v) is 12.2. The molecule has 1 saturated heterocycles. The van der Waals surface area contributed by atoms with Crippen LogP contribution in [0.5, 0.6) is 0 Å². The smallest absolute Gasteiger partial charge is 0.170 e. The van der Waals surface area contributed by atoms with Gasteiger partial charge in [0.1, 0.15) is 0 Å². The van der Waals surface area contributed by atoms with E-state index in [1.165, 1.54) is 22.5 Å². The highest BCUT2D eigenvalue weighted by Crippen LogP contribution is 2.43. The van der Waals surface area contributed by atoms with Crippen molar-refractivity contribution >= 4 is 28.9 Å². The summed E-state index contributed by atoms with van der Waals surface area (Å²) in [5.41, 5.74) is 7.10. The fourth-order valence-electron chi connectivity index (χ4n) is 4.96. The van der Waals surface area contributed by atoms with E-state index in [0.29, 0.717) is 0 Å². The van der Waals surface area contributed by atoms with Crippen molar-refractivity contribution in [1.29, 1.82) is 0 Å². The molecule has 33 heavy (non-hydrogen) atoms. The zero-order valence-electron chi connectivity index (χ0n) is 20.0. The summed E-state index contributed by atoms with van der Waals surface area (Å²) >= 11 is 12.2. The topological polar surface area (TPSA) is 36.3 Å². The van der Waals surface area contributed by atoms with Crippen LogP contribution in [0.1, 0.15) is 46.7 Å². The van der Waals surface area contributed by atoms with E-state index in [2.05, 4.69) is 66.7 Å². The lowest BCUT2D eigenvalue weighted by molar-refractivity contribution is 0.291. The summed E-state index contributed by atoms with van der Waals surface area (Å²) in [5.74, 6) is 0. The Hall–Kier alpha value is -2.41. The van der Waals surface area contributed by atoms with Crippen LogP contribution in [-0.2, 0) is 0 Å². The standard InChI is InChI=1S/C26H32ClN5S/c1-17-18(2)32(21-11-8-10-20(27)16-21)19(3)23(17)25-24(22-12-6-7-13-28-22)29-26(33)31(25)15-9-14-30(4)5/h6-8,10-13,16,24-25H,9,14-15H2,1-5H3,(H,29,33)/t24-,25+/m0/s1. The molecular weight excluding hydrogens is 450 g/mol. The first-order chi connectivity index (χ1) is 15.8. The molecule has 1 aromatic carbocycles. The summed E-state index contributed by atoms with van der Waals surface area (Å²) in [6, 6.07) is 14.2. The average Bonchev–Trinajstić information content (AvgIpc) is 3.21. The highest BCUT2D eigenvalue weighted by atomic mass is 35.5. The molecule has 7 heteroatoms. The number of hydrogen-bond acceptors (Lipinski definition) is 3. The molecule has 5 nitrogen and oxygen atoms in total. The van der Waals surface area contributed by atoms with E-state index in [9.17, 15) is 0 Å². The number of thiocarbonyl (C=S) groups is 1. The fourth-order valence-corrected chi connectivity index (χ4v) is 5.48. The average molecular weight is 482 g/mol. The Balaban J connectivity index is 1.83. The van der Waals surface area contributed by atoms with Crippen molar-refractivity contribution < 1.29 is 0 Å². The van der Waals surface area contributed by atoms with Gasteiger partial charge in [0, 0.05) is 40.4 Å². The number of pyridine rings is 1. The molecule has 0 spiro atoms. The van der Waals surface area contributed by atoms with E-state index in [-0.39, 0.29) is 12.1 Å². The zero-order chi connectivity index (χ0) is 23.7. The molecule has 3 aromatic rings. The maximum absolute atomic E-state index is 6.34. The second-order valence-electron chi connectivity index (χ2n) is 9.00. The maximum atomic E-state index is 6.34. The van der Waals surface area contributed by atoms with Gasteiger partial charge in [-0.15, -0.1) is 0 Å². The number of aromatic nitrogens is 2. The minimum atomic E-state index is -0.00920. The van der Waals surface area contributed by atoms with Crippen molar-refractivity contribution in [2.45, 2.75) is 39.3 Å². The van der Waals surface area contributed by atoms with Crippen LogP contribution in [-0.4, -0.2) is 51.6 Å². The SMILES string of the molecule is Cc1c([C@@H]2[C@H](c3ccccn3)NC(=S)N2CCCN(C)C)c(C)n(-c2cccc(Cl)c2)c1C. The molecule has 1 aliphatic heterocycles. The highest BCUT2D eigenvalue weighted by molar-refractivity contribution is 7.80. The molecule has 1 fully saturated rings. The number of nitrogens with zero attached hydrogens (tertiary/aromatic N) is 4. The van der Waals surface area contributed by atoms with Crippen molar-refractivity contribution in [3.63, 3.8) is 0 Å². The molecule has 1 aliphatic rings. The van der Waals surface area contributed by atoms with Crippen molar-refractivity contribution in [1.82, 2.24) is 24.7 Å². The zero-order valence-corrected chi connectivity index (χ0v) is 21.5. The largest absolute Gasteiger partial charge is 0.352 e. The van der Waals surface area contributed by atoms with Crippen LogP contribution in [0.15, 0.2) is 48.7 Å². The predicted octanol–water partition coefficient (Wildman–Crippen LogP) is 5.38. The van der Waals surface area contributed by atoms with Gasteiger partial charge in [0.25, 0.3) is 0 Å². The van der Waals surface area contributed by atoms with Gasteiger partial charge in [-0.1, -0.05) is 23.7 Å². The Morgan fingerprint density at radius 3 is 2.55 bits per heavy atom. The van der Waals surface area contributed by atoms with E-state index in [4.69, 9.17) is 28.8 Å². The highest BCUT2D eigenvalue weighted by Gasteiger charge is 2.42. The van der Waals surface area contributed by atoms with Crippen LogP contribution in [0.2, 0.25) is 5.02 Å². The monoisotopic (exact) mass is 481 g/mol. The van der Waals surface area contributed by atoms with Crippen LogP contribution in [0.4, 0.5) is 0 Å². The minimum Gasteiger partial charge on any atom is -0.352 e. The summed E-state index contributed by atoms with van der Waals surface area (Å²) in [6.07, 6.45) is 2.89. The third-order valence-electron chi connectivity index (χ3n) is 6.57. The molecule has 2 atom stereocenters. The van der Waals surface area contributed by atoms with Crippen LogP contribution in [0.25, 0.3) is 5.69 Å². The normalized spacial score (nSPS) is 18.3. The molecule has 0 aliphatic carbocycles. The van der Waals surface area contributed by atoms with Gasteiger partial charge < -0.3 is 19.7 Å². The van der Waals surface area contributed by atoms with Crippen molar-refractivity contribution in [2.75, 3.05) is 27.2 Å². The summed E-state index contributed by atoms with van der Waals surface area (Å²) in [4.78, 5) is 9.26. The van der Waals surface area contributed by atoms with Crippen molar-refractivity contribution in [3.05, 3.63) is 81.9 Å². The molecular formula is C26H32ClN5S. The van der Waals surface area contributed by atoms with Crippen molar-refractivity contribution in [3.8, 4) is 5.69 Å². The predicted molar refractivity (Wildman–Crippen MR) is 140 cm³/mol. The quantitative estimate of drug-likeness (QED) is 0.459. The third-order valence-corrected chi connectivity index (χ3v) is 7.16. The Morgan fingerprint density at radius 1 is 1.09 bits per heavy atom. The molecule has 0 radical (unpaired) electrons. The summed E-state index contributed by atoms with van der Waals surface area (Å²) in [7, 11) is 4.22. The number of rotatable bonds is 7. The van der Waals surface area contributed by atoms with Gasteiger partial charge in [0.2, 0.25) is 0 Å². The molecule has 0 bridgehead atoms. The number of hydrogen-bond donors (Lipinski definition) is 1. The minimum absolute atomic E-state index is 0.00920. The van der Waals surface area contributed by atoms with Gasteiger partial charge in [-0.3, -0.25) is 4.98 Å². The van der Waals surface area contributed by atoms with Gasteiger partial charge in [0.15, 0.2) is 5.11 Å². The molecule has 1 N–H and O–H groups in total. The maximum Gasteiger partial charge on any atom is 0.170 e. The molecule has 2 aromatic heterocycles. The lowest BCUT2D eigenvalue weighted by Crippen LogP contribution is -2.32. The summed E-state index contributed by atoms with van der Waals surface area (Å²) < 4.78 is 2.31. The van der Waals surface area contributed by atoms with E-state index < -0.39 is 0 Å². The first-order valence-electron chi connectivity index (χ1n) is 11.4. The first kappa shape index (κ1) is 23.7. The summed E-state index contributed by atoms with van der Waals surface area (Å²) in [5, 5.41) is 5.12. The van der Waals surface area contributed by atoms with Gasteiger partial charge in [-0.25, -0.2) is 0 Å².